The van der Waals surface area contributed by atoms with Crippen molar-refractivity contribution in [3.63, 3.8) is 0 Å². The summed E-state index contributed by atoms with van der Waals surface area (Å²) in [5.41, 5.74) is 1.19. The molecular weight excluding hydrogens is 338 g/mol. The van der Waals surface area contributed by atoms with Gasteiger partial charge in [-0.05, 0) is 37.0 Å². The zero-order valence-electron chi connectivity index (χ0n) is 11.6. The second-order valence-electron chi connectivity index (χ2n) is 5.13. The van der Waals surface area contributed by atoms with Gasteiger partial charge in [-0.2, -0.15) is 0 Å². The highest BCUT2D eigenvalue weighted by molar-refractivity contribution is 7.98. The third-order valence-electron chi connectivity index (χ3n) is 3.69. The number of halogens is 1. The van der Waals surface area contributed by atoms with Crippen LogP contribution in [0.15, 0.2) is 28.2 Å². The Morgan fingerprint density at radius 1 is 1.41 bits per heavy atom. The Balaban J connectivity index is 1.66. The molecule has 0 aromatic carbocycles. The van der Waals surface area contributed by atoms with Crippen molar-refractivity contribution in [2.45, 2.75) is 30.0 Å². The molecule has 4 rings (SSSR count). The molecule has 3 aromatic heterocycles. The number of nitrogens with zero attached hydrogens (tertiary/aromatic N) is 2. The maximum absolute atomic E-state index is 12.4. The molecule has 3 aromatic rings. The molecule has 1 aliphatic rings. The van der Waals surface area contributed by atoms with E-state index in [4.69, 9.17) is 11.6 Å². The molecule has 0 amide bonds. The highest BCUT2D eigenvalue weighted by Crippen LogP contribution is 2.35. The smallest absolute Gasteiger partial charge is 0.259 e. The van der Waals surface area contributed by atoms with E-state index in [-0.39, 0.29) is 5.56 Å². The minimum absolute atomic E-state index is 0.0212. The Labute approximate surface area is 140 Å². The molecule has 7 heteroatoms. The first-order valence-electron chi connectivity index (χ1n) is 6.99. The van der Waals surface area contributed by atoms with E-state index in [0.29, 0.717) is 16.6 Å². The number of aromatic amines is 1. The Hall–Kier alpha value is -1.37. The lowest BCUT2D eigenvalue weighted by molar-refractivity contribution is 0.916. The van der Waals surface area contributed by atoms with E-state index in [0.717, 1.165) is 34.5 Å². The van der Waals surface area contributed by atoms with Gasteiger partial charge in [-0.25, -0.2) is 9.97 Å². The summed E-state index contributed by atoms with van der Waals surface area (Å²) in [7, 11) is 0. The molecule has 0 aliphatic heterocycles. The summed E-state index contributed by atoms with van der Waals surface area (Å²) in [6, 6.07) is 3.60. The van der Waals surface area contributed by atoms with Crippen molar-refractivity contribution in [2.75, 3.05) is 0 Å². The number of H-pyrrole nitrogens is 1. The average molecular weight is 350 g/mol. The monoisotopic (exact) mass is 349 g/mol. The van der Waals surface area contributed by atoms with Crippen LogP contribution in [0.4, 0.5) is 0 Å². The van der Waals surface area contributed by atoms with Gasteiger partial charge < -0.3 is 4.98 Å². The fourth-order valence-corrected chi connectivity index (χ4v) is 5.05. The summed E-state index contributed by atoms with van der Waals surface area (Å²) in [5, 5.41) is 2.16. The molecule has 0 saturated heterocycles. The minimum Gasteiger partial charge on any atom is -0.309 e. The maximum atomic E-state index is 12.4. The minimum atomic E-state index is -0.0212. The van der Waals surface area contributed by atoms with Crippen LogP contribution in [0.5, 0.6) is 0 Å². The first kappa shape index (κ1) is 14.2. The Morgan fingerprint density at radius 2 is 2.32 bits per heavy atom. The predicted molar refractivity (Wildman–Crippen MR) is 91.1 cm³/mol. The molecule has 0 bridgehead atoms. The number of aromatic nitrogens is 3. The zero-order chi connectivity index (χ0) is 15.1. The number of thiophene rings is 1. The molecular formula is C15H12ClN3OS2. The van der Waals surface area contributed by atoms with Crippen molar-refractivity contribution in [3.8, 4) is 0 Å². The standard InChI is InChI=1S/C15H12ClN3OS2/c16-9-4-2-6-17-14(9)21-7-11-18-13(20)12-8-3-1-5-10(8)22-15(12)19-11/h2,4,6H,1,3,5,7H2,(H,18,19,20). The summed E-state index contributed by atoms with van der Waals surface area (Å²) >= 11 is 9.23. The van der Waals surface area contributed by atoms with Crippen LogP contribution in [0.3, 0.4) is 0 Å². The molecule has 0 unspecified atom stereocenters. The van der Waals surface area contributed by atoms with Crippen LogP contribution in [0.1, 0.15) is 22.7 Å². The molecule has 3 heterocycles. The number of aryl methyl sites for hydroxylation is 2. The molecule has 0 radical (unpaired) electrons. The van der Waals surface area contributed by atoms with Gasteiger partial charge in [-0.1, -0.05) is 23.4 Å². The number of nitrogens with one attached hydrogen (secondary N) is 1. The number of thioether (sulfide) groups is 1. The number of fused-ring (bicyclic) bond motifs is 3. The van der Waals surface area contributed by atoms with E-state index < -0.39 is 0 Å². The van der Waals surface area contributed by atoms with E-state index in [9.17, 15) is 4.79 Å². The van der Waals surface area contributed by atoms with Crippen LogP contribution >= 0.6 is 34.7 Å². The molecule has 4 nitrogen and oxygen atoms in total. The van der Waals surface area contributed by atoms with Crippen molar-refractivity contribution in [1.29, 1.82) is 0 Å². The summed E-state index contributed by atoms with van der Waals surface area (Å²) in [6.45, 7) is 0. The molecule has 22 heavy (non-hydrogen) atoms. The summed E-state index contributed by atoms with van der Waals surface area (Å²) in [4.78, 5) is 26.3. The van der Waals surface area contributed by atoms with Gasteiger partial charge >= 0.3 is 0 Å². The van der Waals surface area contributed by atoms with E-state index in [2.05, 4.69) is 15.0 Å². The van der Waals surface area contributed by atoms with E-state index in [1.165, 1.54) is 22.2 Å². The molecule has 0 spiro atoms. The third kappa shape index (κ3) is 2.45. The molecule has 1 N–H and O–H groups in total. The summed E-state index contributed by atoms with van der Waals surface area (Å²) in [6.07, 6.45) is 4.92. The van der Waals surface area contributed by atoms with Crippen LogP contribution < -0.4 is 5.56 Å². The second-order valence-corrected chi connectivity index (χ2v) is 7.58. The van der Waals surface area contributed by atoms with Gasteiger partial charge in [0.1, 0.15) is 15.7 Å². The first-order valence-corrected chi connectivity index (χ1v) is 9.17. The Bertz CT molecular complexity index is 919. The SMILES string of the molecule is O=c1[nH]c(CSc2ncccc2Cl)nc2sc3c(c12)CCC3. The number of rotatable bonds is 3. The lowest BCUT2D eigenvalue weighted by Gasteiger charge is -2.03. The summed E-state index contributed by atoms with van der Waals surface area (Å²) < 4.78 is 0. The molecule has 0 saturated carbocycles. The molecule has 112 valence electrons. The van der Waals surface area contributed by atoms with Gasteiger partial charge in [0.2, 0.25) is 0 Å². The maximum Gasteiger partial charge on any atom is 0.259 e. The topological polar surface area (TPSA) is 58.6 Å². The highest BCUT2D eigenvalue weighted by atomic mass is 35.5. The van der Waals surface area contributed by atoms with Gasteiger partial charge in [0.15, 0.2) is 0 Å². The van der Waals surface area contributed by atoms with Crippen LogP contribution in [-0.4, -0.2) is 15.0 Å². The quantitative estimate of drug-likeness (QED) is 0.730. The van der Waals surface area contributed by atoms with Gasteiger partial charge in [-0.3, -0.25) is 4.79 Å². The van der Waals surface area contributed by atoms with Gasteiger partial charge in [0.05, 0.1) is 16.2 Å². The first-order chi connectivity index (χ1) is 10.7. The van der Waals surface area contributed by atoms with Crippen molar-refractivity contribution in [2.24, 2.45) is 0 Å². The van der Waals surface area contributed by atoms with Crippen LogP contribution in [-0.2, 0) is 18.6 Å². The number of hydrogen-bond acceptors (Lipinski definition) is 5. The Kier molecular flexibility index (Phi) is 3.68. The predicted octanol–water partition coefficient (Wildman–Crippen LogP) is 3.81. The van der Waals surface area contributed by atoms with E-state index in [1.54, 1.807) is 29.7 Å². The van der Waals surface area contributed by atoms with Crippen molar-refractivity contribution >= 4 is 44.9 Å². The largest absolute Gasteiger partial charge is 0.309 e. The zero-order valence-corrected chi connectivity index (χ0v) is 13.9. The van der Waals surface area contributed by atoms with Crippen molar-refractivity contribution < 1.29 is 0 Å². The normalized spacial score (nSPS) is 13.7. The highest BCUT2D eigenvalue weighted by Gasteiger charge is 2.21. The average Bonchev–Trinajstić information content (AvgIpc) is 3.06. The molecule has 1 aliphatic carbocycles. The van der Waals surface area contributed by atoms with Crippen LogP contribution in [0.2, 0.25) is 5.02 Å². The Morgan fingerprint density at radius 3 is 3.18 bits per heavy atom. The fraction of sp³-hybridized carbons (Fsp3) is 0.267. The van der Waals surface area contributed by atoms with E-state index in [1.807, 2.05) is 0 Å². The number of pyridine rings is 1. The fourth-order valence-electron chi connectivity index (χ4n) is 2.73. The van der Waals surface area contributed by atoms with Crippen molar-refractivity contribution in [1.82, 2.24) is 15.0 Å². The lowest BCUT2D eigenvalue weighted by Crippen LogP contribution is -2.11. The van der Waals surface area contributed by atoms with Crippen LogP contribution in [0, 0.1) is 0 Å². The number of hydrogen-bond donors (Lipinski definition) is 1. The molecule has 0 atom stereocenters. The van der Waals surface area contributed by atoms with Gasteiger partial charge in [-0.15, -0.1) is 11.3 Å². The molecule has 0 fully saturated rings. The van der Waals surface area contributed by atoms with Gasteiger partial charge in [0.25, 0.3) is 5.56 Å². The second kappa shape index (κ2) is 5.68. The summed E-state index contributed by atoms with van der Waals surface area (Å²) in [5.74, 6) is 1.22. The van der Waals surface area contributed by atoms with Gasteiger partial charge in [0, 0.05) is 11.1 Å². The van der Waals surface area contributed by atoms with Crippen molar-refractivity contribution in [3.05, 3.63) is 50.0 Å². The lowest BCUT2D eigenvalue weighted by atomic mass is 10.2. The van der Waals surface area contributed by atoms with E-state index >= 15 is 0 Å². The van der Waals surface area contributed by atoms with Crippen LogP contribution in [0.25, 0.3) is 10.2 Å². The third-order valence-corrected chi connectivity index (χ3v) is 6.31.